The number of nitrogen functional groups attached to an aromatic ring is 1. The van der Waals surface area contributed by atoms with E-state index in [9.17, 15) is 4.79 Å². The smallest absolute Gasteiger partial charge is 0.344 e. The van der Waals surface area contributed by atoms with Gasteiger partial charge in [-0.25, -0.2) is 14.8 Å². The lowest BCUT2D eigenvalue weighted by Crippen LogP contribution is -2.14. The van der Waals surface area contributed by atoms with Crippen LogP contribution in [0.5, 0.6) is 0 Å². The molecule has 0 saturated heterocycles. The number of nitrogens with zero attached hydrogens (tertiary/aromatic N) is 3. The molecule has 0 amide bonds. The van der Waals surface area contributed by atoms with Gasteiger partial charge in [-0.2, -0.15) is 0 Å². The Morgan fingerprint density at radius 3 is 2.63 bits per heavy atom. The summed E-state index contributed by atoms with van der Waals surface area (Å²) >= 11 is 0. The van der Waals surface area contributed by atoms with Crippen LogP contribution < -0.4 is 5.73 Å². The summed E-state index contributed by atoms with van der Waals surface area (Å²) in [5.74, 6) is 0.176. The number of carbonyl (C=O) groups is 1. The molecule has 0 aliphatic carbocycles. The molecule has 0 unspecified atom stereocenters. The van der Waals surface area contributed by atoms with Crippen molar-refractivity contribution in [3.05, 3.63) is 29.8 Å². The van der Waals surface area contributed by atoms with Gasteiger partial charge in [-0.05, 0) is 24.5 Å². The maximum Gasteiger partial charge on any atom is 0.344 e. The molecule has 2 aromatic heterocycles. The molecule has 0 fully saturated rings. The van der Waals surface area contributed by atoms with Gasteiger partial charge in [0.1, 0.15) is 16.9 Å². The number of hydrogen-bond donors (Lipinski definition) is 1. The van der Waals surface area contributed by atoms with E-state index in [1.807, 2.05) is 35.8 Å². The van der Waals surface area contributed by atoms with Crippen molar-refractivity contribution in [2.45, 2.75) is 33.2 Å². The molecule has 1 aromatic carbocycles. The fraction of sp³-hybridized carbons (Fsp3) is 0.450. The van der Waals surface area contributed by atoms with E-state index in [-0.39, 0.29) is 5.92 Å². The van der Waals surface area contributed by atoms with Gasteiger partial charge in [-0.15, -0.1) is 0 Å². The Morgan fingerprint density at radius 2 is 1.96 bits per heavy atom. The standard InChI is InChI=1S/C20H26N4O3/c1-4-13(2)12-27-20(25)16-17-19(24(18(16)21)10-7-11-26-3)23-15-9-6-5-8-14(15)22-17/h5-6,8-9,13H,4,7,10-12,21H2,1-3H3/t13-/m1/s1. The average molecular weight is 370 g/mol. The summed E-state index contributed by atoms with van der Waals surface area (Å²) in [5, 5.41) is 0. The van der Waals surface area contributed by atoms with Crippen LogP contribution in [-0.2, 0) is 16.0 Å². The molecule has 1 atom stereocenters. The van der Waals surface area contributed by atoms with Gasteiger partial charge in [0.05, 0.1) is 17.6 Å². The molecule has 27 heavy (non-hydrogen) atoms. The monoisotopic (exact) mass is 370 g/mol. The predicted molar refractivity (Wildman–Crippen MR) is 106 cm³/mol. The molecule has 2 heterocycles. The summed E-state index contributed by atoms with van der Waals surface area (Å²) in [6, 6.07) is 7.56. The van der Waals surface area contributed by atoms with E-state index in [0.717, 1.165) is 23.9 Å². The molecular formula is C20H26N4O3. The van der Waals surface area contributed by atoms with Crippen molar-refractivity contribution >= 4 is 34.0 Å². The van der Waals surface area contributed by atoms with E-state index in [1.54, 1.807) is 7.11 Å². The summed E-state index contributed by atoms with van der Waals surface area (Å²) in [7, 11) is 1.65. The molecule has 3 aromatic rings. The maximum absolute atomic E-state index is 12.8. The van der Waals surface area contributed by atoms with E-state index < -0.39 is 5.97 Å². The minimum atomic E-state index is -0.451. The van der Waals surface area contributed by atoms with Crippen molar-refractivity contribution < 1.29 is 14.3 Å². The number of para-hydroxylation sites is 2. The number of benzene rings is 1. The van der Waals surface area contributed by atoms with E-state index in [0.29, 0.717) is 42.3 Å². The number of methoxy groups -OCH3 is 1. The molecule has 0 spiro atoms. The Hall–Kier alpha value is -2.67. The molecule has 0 aliphatic heterocycles. The molecule has 3 rings (SSSR count). The topological polar surface area (TPSA) is 92.3 Å². The highest BCUT2D eigenvalue weighted by Gasteiger charge is 2.25. The highest BCUT2D eigenvalue weighted by Crippen LogP contribution is 2.29. The van der Waals surface area contributed by atoms with Crippen LogP contribution in [0.25, 0.3) is 22.2 Å². The largest absolute Gasteiger partial charge is 0.462 e. The lowest BCUT2D eigenvalue weighted by molar-refractivity contribution is 0.0450. The minimum Gasteiger partial charge on any atom is -0.462 e. The van der Waals surface area contributed by atoms with Gasteiger partial charge < -0.3 is 19.8 Å². The SMILES string of the molecule is CC[C@@H](C)COC(=O)c1c(N)n(CCCOC)c2nc3ccccc3nc12. The molecule has 0 aliphatic rings. The Balaban J connectivity index is 2.08. The molecule has 144 valence electrons. The van der Waals surface area contributed by atoms with Gasteiger partial charge in [0.15, 0.2) is 5.65 Å². The van der Waals surface area contributed by atoms with E-state index in [1.165, 1.54) is 0 Å². The third-order valence-electron chi connectivity index (χ3n) is 4.72. The lowest BCUT2D eigenvalue weighted by Gasteiger charge is -2.10. The number of ether oxygens (including phenoxy) is 2. The number of fused-ring (bicyclic) bond motifs is 2. The number of hydrogen-bond acceptors (Lipinski definition) is 6. The third kappa shape index (κ3) is 3.88. The van der Waals surface area contributed by atoms with Crippen molar-refractivity contribution in [3.8, 4) is 0 Å². The molecule has 0 bridgehead atoms. The minimum absolute atomic E-state index is 0.289. The Bertz CT molecular complexity index is 951. The van der Waals surface area contributed by atoms with E-state index in [2.05, 4.69) is 11.9 Å². The van der Waals surface area contributed by atoms with Crippen LogP contribution in [0, 0.1) is 5.92 Å². The van der Waals surface area contributed by atoms with Gasteiger partial charge in [0.2, 0.25) is 0 Å². The number of carbonyl (C=O) groups excluding carboxylic acids is 1. The van der Waals surface area contributed by atoms with E-state index >= 15 is 0 Å². The van der Waals surface area contributed by atoms with Crippen molar-refractivity contribution in [3.63, 3.8) is 0 Å². The van der Waals surface area contributed by atoms with Gasteiger partial charge >= 0.3 is 5.97 Å². The third-order valence-corrected chi connectivity index (χ3v) is 4.72. The zero-order chi connectivity index (χ0) is 19.4. The van der Waals surface area contributed by atoms with Crippen LogP contribution >= 0.6 is 0 Å². The Labute approximate surface area is 158 Å². The quantitative estimate of drug-likeness (QED) is 0.482. The zero-order valence-corrected chi connectivity index (χ0v) is 16.1. The first kappa shape index (κ1) is 19.1. The predicted octanol–water partition coefficient (Wildman–Crippen LogP) is 3.41. The molecule has 7 nitrogen and oxygen atoms in total. The molecule has 2 N–H and O–H groups in total. The first-order valence-corrected chi connectivity index (χ1v) is 9.27. The fourth-order valence-corrected chi connectivity index (χ4v) is 2.92. The van der Waals surface area contributed by atoms with Gasteiger partial charge in [0, 0.05) is 20.3 Å². The Morgan fingerprint density at radius 1 is 1.26 bits per heavy atom. The van der Waals surface area contributed by atoms with Crippen LogP contribution in [0.3, 0.4) is 0 Å². The Kier molecular flexibility index (Phi) is 5.91. The lowest BCUT2D eigenvalue weighted by atomic mass is 10.1. The van der Waals surface area contributed by atoms with Crippen LogP contribution in [0.1, 0.15) is 37.0 Å². The van der Waals surface area contributed by atoms with Gasteiger partial charge in [-0.1, -0.05) is 32.4 Å². The second-order valence-corrected chi connectivity index (χ2v) is 6.75. The summed E-state index contributed by atoms with van der Waals surface area (Å²) in [6.45, 7) is 5.63. The van der Waals surface area contributed by atoms with Crippen molar-refractivity contribution in [2.24, 2.45) is 5.92 Å². The number of rotatable bonds is 8. The van der Waals surface area contributed by atoms with Crippen LogP contribution in [0.4, 0.5) is 5.82 Å². The fourth-order valence-electron chi connectivity index (χ4n) is 2.92. The normalized spacial score (nSPS) is 12.6. The number of anilines is 1. The highest BCUT2D eigenvalue weighted by molar-refractivity contribution is 6.08. The second-order valence-electron chi connectivity index (χ2n) is 6.75. The van der Waals surface area contributed by atoms with Crippen LogP contribution in [0.2, 0.25) is 0 Å². The summed E-state index contributed by atoms with van der Waals surface area (Å²) < 4.78 is 12.5. The van der Waals surface area contributed by atoms with Crippen molar-refractivity contribution in [1.29, 1.82) is 0 Å². The maximum atomic E-state index is 12.8. The first-order chi connectivity index (χ1) is 13.1. The average Bonchev–Trinajstić information content (AvgIpc) is 2.95. The van der Waals surface area contributed by atoms with Gasteiger partial charge in [0.25, 0.3) is 0 Å². The number of aryl methyl sites for hydroxylation is 1. The van der Waals surface area contributed by atoms with Crippen molar-refractivity contribution in [2.75, 3.05) is 26.1 Å². The van der Waals surface area contributed by atoms with Crippen LogP contribution in [0.15, 0.2) is 24.3 Å². The molecule has 0 saturated carbocycles. The molecule has 7 heteroatoms. The second kappa shape index (κ2) is 8.35. The first-order valence-electron chi connectivity index (χ1n) is 9.27. The summed E-state index contributed by atoms with van der Waals surface area (Å²) in [4.78, 5) is 22.1. The highest BCUT2D eigenvalue weighted by atomic mass is 16.5. The van der Waals surface area contributed by atoms with E-state index in [4.69, 9.17) is 20.2 Å². The zero-order valence-electron chi connectivity index (χ0n) is 16.1. The van der Waals surface area contributed by atoms with Gasteiger partial charge in [-0.3, -0.25) is 0 Å². The molecular weight excluding hydrogens is 344 g/mol. The summed E-state index contributed by atoms with van der Waals surface area (Å²) in [5.41, 5.74) is 9.19. The molecule has 0 radical (unpaired) electrons. The number of nitrogens with two attached hydrogens (primary N) is 1. The number of aromatic nitrogens is 3. The number of esters is 1. The summed E-state index contributed by atoms with van der Waals surface area (Å²) in [6.07, 6.45) is 1.69. The van der Waals surface area contributed by atoms with Crippen LogP contribution in [-0.4, -0.2) is 40.8 Å². The van der Waals surface area contributed by atoms with Crippen molar-refractivity contribution in [1.82, 2.24) is 14.5 Å².